The van der Waals surface area contributed by atoms with Crippen LogP contribution in [-0.2, 0) is 0 Å². The Balaban J connectivity index is 1.64. The number of anilines is 1. The van der Waals surface area contributed by atoms with Crippen LogP contribution < -0.4 is 16.2 Å². The Labute approximate surface area is 179 Å². The molecule has 4 rings (SSSR count). The molecule has 0 aliphatic heterocycles. The van der Waals surface area contributed by atoms with Crippen LogP contribution in [0.15, 0.2) is 84.9 Å². The Kier molecular flexibility index (Phi) is 5.45. The molecule has 0 bridgehead atoms. The van der Waals surface area contributed by atoms with Gasteiger partial charge in [0.15, 0.2) is 0 Å². The van der Waals surface area contributed by atoms with Gasteiger partial charge in [0.25, 0.3) is 5.91 Å². The lowest BCUT2D eigenvalue weighted by atomic mass is 10.0. The van der Waals surface area contributed by atoms with Gasteiger partial charge >= 0.3 is 0 Å². The van der Waals surface area contributed by atoms with Gasteiger partial charge in [0, 0.05) is 23.0 Å². The van der Waals surface area contributed by atoms with Gasteiger partial charge in [0.1, 0.15) is 17.2 Å². The van der Waals surface area contributed by atoms with Crippen molar-refractivity contribution in [1.82, 2.24) is 4.98 Å². The fourth-order valence-corrected chi connectivity index (χ4v) is 3.17. The fraction of sp³-hybridized carbons (Fsp3) is 0. The number of rotatable bonds is 6. The zero-order chi connectivity index (χ0) is 21.8. The van der Waals surface area contributed by atoms with Crippen molar-refractivity contribution in [2.45, 2.75) is 0 Å². The quantitative estimate of drug-likeness (QED) is 0.311. The normalized spacial score (nSPS) is 10.5. The highest BCUT2D eigenvalue weighted by atomic mass is 16.5. The van der Waals surface area contributed by atoms with Gasteiger partial charge in [-0.05, 0) is 77.9 Å². The molecular formula is C25H20N4O2. The number of pyridine rings is 1. The first-order valence-electron chi connectivity index (χ1n) is 9.59. The van der Waals surface area contributed by atoms with Crippen molar-refractivity contribution in [2.75, 3.05) is 5.73 Å². The monoisotopic (exact) mass is 408 g/mol. The van der Waals surface area contributed by atoms with Gasteiger partial charge in [-0.3, -0.25) is 4.79 Å². The number of nitrogen functional groups attached to an aromatic ring is 1. The van der Waals surface area contributed by atoms with Crippen LogP contribution in [0, 0.1) is 5.41 Å². The number of nitrogens with two attached hydrogens (primary N) is 2. The minimum Gasteiger partial charge on any atom is -0.457 e. The maximum Gasteiger partial charge on any atom is 0.267 e. The summed E-state index contributed by atoms with van der Waals surface area (Å²) < 4.78 is 6.15. The molecule has 0 unspecified atom stereocenters. The summed E-state index contributed by atoms with van der Waals surface area (Å²) in [7, 11) is 0. The van der Waals surface area contributed by atoms with E-state index in [1.54, 1.807) is 12.1 Å². The first-order chi connectivity index (χ1) is 15.0. The molecule has 6 nitrogen and oxygen atoms in total. The van der Waals surface area contributed by atoms with E-state index in [-0.39, 0.29) is 5.69 Å². The van der Waals surface area contributed by atoms with Gasteiger partial charge in [-0.25, -0.2) is 4.98 Å². The van der Waals surface area contributed by atoms with Crippen molar-refractivity contribution >= 4 is 17.8 Å². The number of carbonyl (C=O) groups is 1. The Bertz CT molecular complexity index is 1250. The lowest BCUT2D eigenvalue weighted by molar-refractivity contribution is 0.0995. The Morgan fingerprint density at radius 1 is 0.903 bits per heavy atom. The predicted octanol–water partition coefficient (Wildman–Crippen LogP) is 4.89. The van der Waals surface area contributed by atoms with Crippen LogP contribution in [0.2, 0.25) is 0 Å². The molecule has 0 radical (unpaired) electrons. The molecule has 0 saturated carbocycles. The minimum atomic E-state index is -0.564. The molecule has 0 saturated heterocycles. The van der Waals surface area contributed by atoms with Crippen LogP contribution in [0.25, 0.3) is 22.4 Å². The van der Waals surface area contributed by atoms with Gasteiger partial charge < -0.3 is 21.6 Å². The largest absolute Gasteiger partial charge is 0.457 e. The SMILES string of the molecule is N=Cc1ccc(Oc2ccc(-c3cccc(C(N)=O)n3)cc2)c(-c2ccc(N)cc2)c1. The molecule has 5 N–H and O–H groups in total. The van der Waals surface area contributed by atoms with Crippen LogP contribution in [-0.4, -0.2) is 17.1 Å². The molecule has 6 heteroatoms. The van der Waals surface area contributed by atoms with Gasteiger partial charge in [0.2, 0.25) is 0 Å². The molecule has 0 fully saturated rings. The summed E-state index contributed by atoms with van der Waals surface area (Å²) >= 11 is 0. The molecule has 31 heavy (non-hydrogen) atoms. The van der Waals surface area contributed by atoms with E-state index in [1.165, 1.54) is 6.21 Å². The fourth-order valence-electron chi connectivity index (χ4n) is 3.17. The van der Waals surface area contributed by atoms with Crippen LogP contribution in [0.4, 0.5) is 5.69 Å². The molecule has 1 amide bonds. The summed E-state index contributed by atoms with van der Waals surface area (Å²) in [6.45, 7) is 0. The van der Waals surface area contributed by atoms with E-state index in [4.69, 9.17) is 21.6 Å². The summed E-state index contributed by atoms with van der Waals surface area (Å²) in [6.07, 6.45) is 1.30. The topological polar surface area (TPSA) is 115 Å². The van der Waals surface area contributed by atoms with Crippen molar-refractivity contribution in [2.24, 2.45) is 5.73 Å². The first-order valence-corrected chi connectivity index (χ1v) is 9.59. The van der Waals surface area contributed by atoms with E-state index in [9.17, 15) is 4.79 Å². The second kappa shape index (κ2) is 8.51. The van der Waals surface area contributed by atoms with Crippen molar-refractivity contribution in [3.8, 4) is 33.9 Å². The van der Waals surface area contributed by atoms with E-state index < -0.39 is 5.91 Å². The number of nitrogens with one attached hydrogen (secondary N) is 1. The Hall–Kier alpha value is -4.45. The summed E-state index contributed by atoms with van der Waals surface area (Å²) in [4.78, 5) is 15.7. The third kappa shape index (κ3) is 4.43. The molecule has 0 spiro atoms. The van der Waals surface area contributed by atoms with E-state index in [0.29, 0.717) is 22.9 Å². The highest BCUT2D eigenvalue weighted by molar-refractivity contribution is 5.91. The lowest BCUT2D eigenvalue weighted by Gasteiger charge is -2.13. The predicted molar refractivity (Wildman–Crippen MR) is 122 cm³/mol. The van der Waals surface area contributed by atoms with Crippen LogP contribution in [0.5, 0.6) is 11.5 Å². The van der Waals surface area contributed by atoms with Crippen molar-refractivity contribution in [3.63, 3.8) is 0 Å². The lowest BCUT2D eigenvalue weighted by Crippen LogP contribution is -2.12. The Morgan fingerprint density at radius 2 is 1.61 bits per heavy atom. The smallest absolute Gasteiger partial charge is 0.267 e. The van der Waals surface area contributed by atoms with Crippen molar-refractivity contribution < 1.29 is 9.53 Å². The van der Waals surface area contributed by atoms with Gasteiger partial charge in [-0.1, -0.05) is 18.2 Å². The summed E-state index contributed by atoms with van der Waals surface area (Å²) in [5.41, 5.74) is 16.1. The molecule has 152 valence electrons. The number of benzene rings is 3. The van der Waals surface area contributed by atoms with Crippen molar-refractivity contribution in [1.29, 1.82) is 5.41 Å². The third-order valence-electron chi connectivity index (χ3n) is 4.77. The molecular weight excluding hydrogens is 388 g/mol. The number of hydrogen-bond donors (Lipinski definition) is 3. The molecule has 0 atom stereocenters. The second-order valence-electron chi connectivity index (χ2n) is 6.92. The number of primary amides is 1. The van der Waals surface area contributed by atoms with E-state index >= 15 is 0 Å². The minimum absolute atomic E-state index is 0.220. The number of ether oxygens (including phenoxy) is 1. The standard InChI is InChI=1S/C25H20N4O2/c26-15-16-4-13-24(21(14-16)17-5-9-19(27)10-6-17)31-20-11-7-18(8-12-20)22-2-1-3-23(29-22)25(28)30/h1-15,26H,27H2,(H2,28,30). The molecule has 0 aliphatic rings. The molecule has 1 aromatic heterocycles. The number of nitrogens with zero attached hydrogens (tertiary/aromatic N) is 1. The average Bonchev–Trinajstić information content (AvgIpc) is 2.80. The average molecular weight is 408 g/mol. The van der Waals surface area contributed by atoms with E-state index in [0.717, 1.165) is 22.3 Å². The maximum absolute atomic E-state index is 11.4. The van der Waals surface area contributed by atoms with Gasteiger partial charge in [0.05, 0.1) is 5.69 Å². The van der Waals surface area contributed by atoms with Gasteiger partial charge in [-0.2, -0.15) is 0 Å². The molecule has 3 aromatic carbocycles. The van der Waals surface area contributed by atoms with Crippen molar-refractivity contribution in [3.05, 3.63) is 96.2 Å². The van der Waals surface area contributed by atoms with Crippen LogP contribution in [0.3, 0.4) is 0 Å². The molecule has 1 heterocycles. The summed E-state index contributed by atoms with van der Waals surface area (Å²) in [5.74, 6) is 0.747. The second-order valence-corrected chi connectivity index (χ2v) is 6.92. The third-order valence-corrected chi connectivity index (χ3v) is 4.77. The van der Waals surface area contributed by atoms with Crippen LogP contribution in [0.1, 0.15) is 16.1 Å². The molecule has 0 aliphatic carbocycles. The van der Waals surface area contributed by atoms with E-state index in [1.807, 2.05) is 72.8 Å². The summed E-state index contributed by atoms with van der Waals surface area (Å²) in [5, 5.41) is 7.55. The number of amides is 1. The highest BCUT2D eigenvalue weighted by Crippen LogP contribution is 2.35. The summed E-state index contributed by atoms with van der Waals surface area (Å²) in [6, 6.07) is 25.7. The maximum atomic E-state index is 11.4. The zero-order valence-corrected chi connectivity index (χ0v) is 16.6. The Morgan fingerprint density at radius 3 is 2.29 bits per heavy atom. The zero-order valence-electron chi connectivity index (χ0n) is 16.6. The van der Waals surface area contributed by atoms with Gasteiger partial charge in [-0.15, -0.1) is 0 Å². The highest BCUT2D eigenvalue weighted by Gasteiger charge is 2.10. The number of carbonyl (C=O) groups excluding carboxylic acids is 1. The first kappa shape index (κ1) is 19.8. The molecule has 4 aromatic rings. The number of hydrogen-bond acceptors (Lipinski definition) is 5. The van der Waals surface area contributed by atoms with E-state index in [2.05, 4.69) is 4.98 Å². The van der Waals surface area contributed by atoms with Crippen LogP contribution >= 0.6 is 0 Å². The number of aromatic nitrogens is 1.